The van der Waals surface area contributed by atoms with E-state index in [2.05, 4.69) is 109 Å². The summed E-state index contributed by atoms with van der Waals surface area (Å²) in [6.45, 7) is 0. The minimum absolute atomic E-state index is 0.573. The van der Waals surface area contributed by atoms with Crippen molar-refractivity contribution in [1.82, 2.24) is 15.0 Å². The van der Waals surface area contributed by atoms with Crippen LogP contribution in [0.2, 0.25) is 0 Å². The van der Waals surface area contributed by atoms with Gasteiger partial charge in [0.15, 0.2) is 17.5 Å². The minimum Gasteiger partial charge on any atom is -0.455 e. The van der Waals surface area contributed by atoms with Crippen molar-refractivity contribution in [2.24, 2.45) is 0 Å². The SMILES string of the molecule is c1ccc(-c2ccc(-c3nc(-c4cc5ccccc5c5oc6ccccc6c45)nc(-c4cc5ccccc5c5oc6ccccc6c45)n3)cc2)cc1. The Morgan fingerprint density at radius 1 is 0.327 bits per heavy atom. The molecule has 0 spiro atoms. The van der Waals surface area contributed by atoms with Crippen LogP contribution >= 0.6 is 0 Å². The fourth-order valence-electron chi connectivity index (χ4n) is 7.66. The Bertz CT molecular complexity index is 3010. The second-order valence-corrected chi connectivity index (χ2v) is 13.1. The number of fused-ring (bicyclic) bond motifs is 10. The molecular weight excluding hydrogens is 639 g/mol. The molecule has 0 bridgehead atoms. The molecular formula is C47H27N3O2. The van der Waals surface area contributed by atoms with Crippen molar-refractivity contribution in [3.8, 4) is 45.3 Å². The Labute approximate surface area is 297 Å². The number of furan rings is 2. The van der Waals surface area contributed by atoms with Crippen LogP contribution in [-0.4, -0.2) is 15.0 Å². The molecule has 5 nitrogen and oxygen atoms in total. The summed E-state index contributed by atoms with van der Waals surface area (Å²) in [5.41, 5.74) is 8.23. The van der Waals surface area contributed by atoms with E-state index in [1.807, 2.05) is 54.6 Å². The van der Waals surface area contributed by atoms with Crippen LogP contribution in [0.15, 0.2) is 173 Å². The molecule has 242 valence electrons. The van der Waals surface area contributed by atoms with Gasteiger partial charge in [-0.05, 0) is 46.2 Å². The molecule has 0 fully saturated rings. The molecule has 0 amide bonds. The molecule has 0 atom stereocenters. The lowest BCUT2D eigenvalue weighted by Gasteiger charge is -2.12. The number of hydrogen-bond acceptors (Lipinski definition) is 5. The van der Waals surface area contributed by atoms with Crippen molar-refractivity contribution in [3.05, 3.63) is 164 Å². The lowest BCUT2D eigenvalue weighted by Crippen LogP contribution is -2.01. The monoisotopic (exact) mass is 665 g/mol. The van der Waals surface area contributed by atoms with Gasteiger partial charge in [0.25, 0.3) is 0 Å². The van der Waals surface area contributed by atoms with Crippen LogP contribution in [-0.2, 0) is 0 Å². The molecule has 0 saturated carbocycles. The number of para-hydroxylation sites is 2. The maximum Gasteiger partial charge on any atom is 0.164 e. The highest BCUT2D eigenvalue weighted by Crippen LogP contribution is 2.43. The molecule has 11 aromatic rings. The molecule has 0 aliphatic rings. The average Bonchev–Trinajstić information content (AvgIpc) is 3.81. The molecule has 52 heavy (non-hydrogen) atoms. The van der Waals surface area contributed by atoms with Crippen molar-refractivity contribution in [3.63, 3.8) is 0 Å². The zero-order valence-corrected chi connectivity index (χ0v) is 27.7. The highest BCUT2D eigenvalue weighted by atomic mass is 16.3. The summed E-state index contributed by atoms with van der Waals surface area (Å²) in [6.07, 6.45) is 0. The summed E-state index contributed by atoms with van der Waals surface area (Å²) in [4.78, 5) is 15.8. The van der Waals surface area contributed by atoms with Crippen molar-refractivity contribution >= 4 is 65.4 Å². The quantitative estimate of drug-likeness (QED) is 0.187. The summed E-state index contributed by atoms with van der Waals surface area (Å²) in [5.74, 6) is 1.73. The van der Waals surface area contributed by atoms with Crippen molar-refractivity contribution < 1.29 is 8.83 Å². The maximum absolute atomic E-state index is 6.57. The van der Waals surface area contributed by atoms with E-state index in [4.69, 9.17) is 23.8 Å². The zero-order chi connectivity index (χ0) is 34.2. The van der Waals surface area contributed by atoms with Crippen LogP contribution in [0.3, 0.4) is 0 Å². The van der Waals surface area contributed by atoms with Gasteiger partial charge in [-0.3, -0.25) is 0 Å². The standard InChI is InChI=1S/C47H27N3O2/c1-2-12-28(13-3-1)29-22-24-30(25-23-29)45-48-46(37-26-31-14-4-6-16-33(31)43-41(37)35-18-8-10-20-39(35)51-43)50-47(49-45)38-27-32-15-5-7-17-34(32)44-42(38)36-19-9-11-21-40(36)52-44/h1-27H. The molecule has 3 heterocycles. The normalized spacial score (nSPS) is 11.8. The fourth-order valence-corrected chi connectivity index (χ4v) is 7.66. The van der Waals surface area contributed by atoms with Gasteiger partial charge in [0.2, 0.25) is 0 Å². The Morgan fingerprint density at radius 3 is 1.27 bits per heavy atom. The van der Waals surface area contributed by atoms with Gasteiger partial charge in [-0.2, -0.15) is 0 Å². The minimum atomic E-state index is 0.573. The van der Waals surface area contributed by atoms with E-state index in [9.17, 15) is 0 Å². The van der Waals surface area contributed by atoms with Gasteiger partial charge < -0.3 is 8.83 Å². The molecule has 0 aliphatic heterocycles. The second-order valence-electron chi connectivity index (χ2n) is 13.1. The van der Waals surface area contributed by atoms with E-state index in [-0.39, 0.29) is 0 Å². The van der Waals surface area contributed by atoms with Crippen LogP contribution in [0.25, 0.3) is 111 Å². The molecule has 3 aromatic heterocycles. The summed E-state index contributed by atoms with van der Waals surface area (Å²) < 4.78 is 13.1. The van der Waals surface area contributed by atoms with E-state index in [1.165, 1.54) is 0 Å². The van der Waals surface area contributed by atoms with Crippen LogP contribution in [0.5, 0.6) is 0 Å². The van der Waals surface area contributed by atoms with E-state index in [0.29, 0.717) is 17.5 Å². The lowest BCUT2D eigenvalue weighted by molar-refractivity contribution is 0.672. The summed E-state index contributed by atoms with van der Waals surface area (Å²) in [5, 5.41) is 8.19. The Kier molecular flexibility index (Phi) is 6.18. The third kappa shape index (κ3) is 4.39. The highest BCUT2D eigenvalue weighted by molar-refractivity contribution is 6.22. The number of benzene rings is 8. The predicted molar refractivity (Wildman–Crippen MR) is 211 cm³/mol. The topological polar surface area (TPSA) is 65.0 Å². The van der Waals surface area contributed by atoms with E-state index < -0.39 is 0 Å². The molecule has 5 heteroatoms. The number of hydrogen-bond donors (Lipinski definition) is 0. The third-order valence-corrected chi connectivity index (χ3v) is 10.1. The Hall–Kier alpha value is -7.11. The van der Waals surface area contributed by atoms with Crippen molar-refractivity contribution in [2.45, 2.75) is 0 Å². The second kappa shape index (κ2) is 11.2. The van der Waals surface area contributed by atoms with E-state index >= 15 is 0 Å². The predicted octanol–water partition coefficient (Wildman–Crippen LogP) is 12.6. The molecule has 0 unspecified atom stereocenters. The molecule has 0 aliphatic carbocycles. The Balaban J connectivity index is 1.24. The number of nitrogens with zero attached hydrogens (tertiary/aromatic N) is 3. The van der Waals surface area contributed by atoms with Crippen LogP contribution in [0, 0.1) is 0 Å². The van der Waals surface area contributed by atoms with Gasteiger partial charge in [-0.25, -0.2) is 15.0 Å². The first-order valence-electron chi connectivity index (χ1n) is 17.4. The van der Waals surface area contributed by atoms with Crippen LogP contribution < -0.4 is 0 Å². The van der Waals surface area contributed by atoms with Gasteiger partial charge in [0, 0.05) is 49.0 Å². The number of aromatic nitrogens is 3. The molecule has 8 aromatic carbocycles. The molecule has 0 N–H and O–H groups in total. The van der Waals surface area contributed by atoms with Gasteiger partial charge in [-0.1, -0.05) is 140 Å². The van der Waals surface area contributed by atoms with Crippen molar-refractivity contribution in [1.29, 1.82) is 0 Å². The largest absolute Gasteiger partial charge is 0.455 e. The summed E-state index contributed by atoms with van der Waals surface area (Å²) in [6, 6.07) is 56.2. The highest BCUT2D eigenvalue weighted by Gasteiger charge is 2.23. The first-order valence-corrected chi connectivity index (χ1v) is 17.4. The maximum atomic E-state index is 6.57. The van der Waals surface area contributed by atoms with E-state index in [0.717, 1.165) is 93.2 Å². The van der Waals surface area contributed by atoms with Gasteiger partial charge in [-0.15, -0.1) is 0 Å². The summed E-state index contributed by atoms with van der Waals surface area (Å²) in [7, 11) is 0. The van der Waals surface area contributed by atoms with Crippen LogP contribution in [0.1, 0.15) is 0 Å². The van der Waals surface area contributed by atoms with E-state index in [1.54, 1.807) is 0 Å². The smallest absolute Gasteiger partial charge is 0.164 e. The first kappa shape index (κ1) is 28.7. The first-order chi connectivity index (χ1) is 25.8. The average molecular weight is 666 g/mol. The van der Waals surface area contributed by atoms with Crippen LogP contribution in [0.4, 0.5) is 0 Å². The molecule has 0 radical (unpaired) electrons. The summed E-state index contributed by atoms with van der Waals surface area (Å²) >= 11 is 0. The molecule has 11 rings (SSSR count). The Morgan fingerprint density at radius 2 is 0.731 bits per heavy atom. The lowest BCUT2D eigenvalue weighted by atomic mass is 9.98. The fraction of sp³-hybridized carbons (Fsp3) is 0. The number of rotatable bonds is 4. The van der Waals surface area contributed by atoms with Gasteiger partial charge in [0.05, 0.1) is 0 Å². The zero-order valence-electron chi connectivity index (χ0n) is 27.7. The van der Waals surface area contributed by atoms with Gasteiger partial charge >= 0.3 is 0 Å². The van der Waals surface area contributed by atoms with Crippen molar-refractivity contribution in [2.75, 3.05) is 0 Å². The van der Waals surface area contributed by atoms with Gasteiger partial charge in [0.1, 0.15) is 22.3 Å². The third-order valence-electron chi connectivity index (χ3n) is 10.1. The molecule has 0 saturated heterocycles.